The number of rotatable bonds is 9. The van der Waals surface area contributed by atoms with E-state index in [1.165, 1.54) is 32.1 Å². The summed E-state index contributed by atoms with van der Waals surface area (Å²) in [5, 5.41) is 4.93. The summed E-state index contributed by atoms with van der Waals surface area (Å²) in [4.78, 5) is 30.5. The Labute approximate surface area is 225 Å². The zero-order valence-electron chi connectivity index (χ0n) is 20.2. The number of nitrogens with one attached hydrogen (secondary N) is 1. The number of amides is 1. The molecule has 1 heterocycles. The first kappa shape index (κ1) is 26.2. The molecular weight excluding hydrogens is 560 g/mol. The molecule has 11 heteroatoms. The van der Waals surface area contributed by atoms with Crippen molar-refractivity contribution < 1.29 is 19.0 Å². The van der Waals surface area contributed by atoms with Gasteiger partial charge in [0.2, 0.25) is 0 Å². The number of thioether (sulfide) groups is 1. The number of para-hydroxylation sites is 1. The number of halogens is 1. The minimum atomic E-state index is -0.370. The summed E-state index contributed by atoms with van der Waals surface area (Å²) in [6.45, 7) is 0. The van der Waals surface area contributed by atoms with Crippen molar-refractivity contribution in [2.24, 2.45) is 5.10 Å². The second kappa shape index (κ2) is 11.9. The van der Waals surface area contributed by atoms with Crippen LogP contribution in [-0.2, 0) is 4.79 Å². The van der Waals surface area contributed by atoms with Gasteiger partial charge in [-0.2, -0.15) is 5.10 Å². The fourth-order valence-corrected chi connectivity index (χ4v) is 4.59. The normalized spacial score (nSPS) is 11.0. The summed E-state index contributed by atoms with van der Waals surface area (Å²) in [6.07, 6.45) is 1.45. The Balaban J connectivity index is 1.54. The van der Waals surface area contributed by atoms with Crippen molar-refractivity contribution in [3.05, 3.63) is 81.1 Å². The lowest BCUT2D eigenvalue weighted by atomic mass is 10.2. The molecule has 9 nitrogen and oxygen atoms in total. The van der Waals surface area contributed by atoms with Gasteiger partial charge in [-0.25, -0.2) is 10.4 Å². The van der Waals surface area contributed by atoms with Crippen LogP contribution in [0.3, 0.4) is 0 Å². The van der Waals surface area contributed by atoms with Crippen LogP contribution in [-0.4, -0.2) is 48.8 Å². The zero-order chi connectivity index (χ0) is 26.4. The maximum atomic E-state index is 13.3. The van der Waals surface area contributed by atoms with E-state index in [-0.39, 0.29) is 17.2 Å². The Bertz CT molecular complexity index is 1520. The molecular formula is C26H23BrN4O5S. The fraction of sp³-hybridized carbons (Fsp3) is 0.154. The first-order valence-electron chi connectivity index (χ1n) is 11.0. The van der Waals surface area contributed by atoms with Crippen molar-refractivity contribution in [1.29, 1.82) is 0 Å². The molecule has 37 heavy (non-hydrogen) atoms. The monoisotopic (exact) mass is 582 g/mol. The van der Waals surface area contributed by atoms with E-state index in [9.17, 15) is 9.59 Å². The minimum absolute atomic E-state index is 0.0122. The predicted octanol–water partition coefficient (Wildman–Crippen LogP) is 4.42. The highest BCUT2D eigenvalue weighted by molar-refractivity contribution is 9.10. The number of hydrazone groups is 1. The Morgan fingerprint density at radius 1 is 1.03 bits per heavy atom. The minimum Gasteiger partial charge on any atom is -0.496 e. The van der Waals surface area contributed by atoms with Gasteiger partial charge in [0.25, 0.3) is 11.5 Å². The maximum absolute atomic E-state index is 13.3. The van der Waals surface area contributed by atoms with Crippen LogP contribution in [0.25, 0.3) is 16.6 Å². The van der Waals surface area contributed by atoms with Crippen LogP contribution in [0.5, 0.6) is 17.2 Å². The molecule has 3 aromatic carbocycles. The lowest BCUT2D eigenvalue weighted by Crippen LogP contribution is -2.24. The van der Waals surface area contributed by atoms with E-state index in [2.05, 4.69) is 31.4 Å². The van der Waals surface area contributed by atoms with Crippen molar-refractivity contribution in [2.45, 2.75) is 5.16 Å². The van der Waals surface area contributed by atoms with Gasteiger partial charge in [0.15, 0.2) is 16.7 Å². The Hall–Kier alpha value is -3.83. The van der Waals surface area contributed by atoms with Gasteiger partial charge < -0.3 is 14.2 Å². The molecule has 0 saturated carbocycles. The molecule has 0 aliphatic carbocycles. The SMILES string of the molecule is COc1cc(OC)c(OC)cc1/C=N/NC(=O)CSc1nc2ccccc2c(=O)n1-c1ccc(Br)cc1. The largest absolute Gasteiger partial charge is 0.496 e. The third kappa shape index (κ3) is 5.95. The number of hydrogen-bond acceptors (Lipinski definition) is 8. The van der Waals surface area contributed by atoms with Crippen LogP contribution in [0.1, 0.15) is 5.56 Å². The zero-order valence-corrected chi connectivity index (χ0v) is 22.6. The molecule has 4 aromatic rings. The number of carbonyl (C=O) groups is 1. The molecule has 1 aromatic heterocycles. The number of hydrogen-bond donors (Lipinski definition) is 1. The molecule has 0 radical (unpaired) electrons. The number of fused-ring (bicyclic) bond motifs is 1. The predicted molar refractivity (Wildman–Crippen MR) is 148 cm³/mol. The highest BCUT2D eigenvalue weighted by atomic mass is 79.9. The van der Waals surface area contributed by atoms with Crippen LogP contribution in [0, 0.1) is 0 Å². The summed E-state index contributed by atoms with van der Waals surface area (Å²) in [5.41, 5.74) is 4.08. The highest BCUT2D eigenvalue weighted by Crippen LogP contribution is 2.33. The molecule has 0 fully saturated rings. The number of benzene rings is 3. The van der Waals surface area contributed by atoms with E-state index in [0.29, 0.717) is 44.6 Å². The summed E-state index contributed by atoms with van der Waals surface area (Å²) < 4.78 is 18.4. The molecule has 0 bridgehead atoms. The van der Waals surface area contributed by atoms with Crippen LogP contribution >= 0.6 is 27.7 Å². The van der Waals surface area contributed by atoms with Gasteiger partial charge in [0.1, 0.15) is 5.75 Å². The number of carbonyl (C=O) groups excluding carboxylic acids is 1. The van der Waals surface area contributed by atoms with E-state index in [0.717, 1.165) is 16.2 Å². The van der Waals surface area contributed by atoms with E-state index < -0.39 is 0 Å². The fourth-order valence-electron chi connectivity index (χ4n) is 3.52. The second-order valence-corrected chi connectivity index (χ2v) is 9.42. The third-order valence-corrected chi connectivity index (χ3v) is 6.76. The van der Waals surface area contributed by atoms with Gasteiger partial charge in [0, 0.05) is 16.1 Å². The number of nitrogens with zero attached hydrogens (tertiary/aromatic N) is 3. The van der Waals surface area contributed by atoms with Crippen LogP contribution in [0.2, 0.25) is 0 Å². The van der Waals surface area contributed by atoms with Crippen molar-refractivity contribution >= 4 is 50.7 Å². The van der Waals surface area contributed by atoms with Gasteiger partial charge in [-0.05, 0) is 42.5 Å². The van der Waals surface area contributed by atoms with Gasteiger partial charge >= 0.3 is 0 Å². The molecule has 0 aliphatic rings. The van der Waals surface area contributed by atoms with Crippen molar-refractivity contribution in [3.8, 4) is 22.9 Å². The van der Waals surface area contributed by atoms with Gasteiger partial charge in [-0.15, -0.1) is 0 Å². The molecule has 1 N–H and O–H groups in total. The number of aromatic nitrogens is 2. The van der Waals surface area contributed by atoms with Gasteiger partial charge in [-0.3, -0.25) is 14.2 Å². The average molecular weight is 583 g/mol. The standard InChI is InChI=1S/C26H23BrN4O5S/c1-34-21-13-23(36-3)22(35-2)12-16(21)14-28-30-24(32)15-37-26-29-20-7-5-4-6-19(20)25(33)31(26)18-10-8-17(27)9-11-18/h4-14H,15H2,1-3H3,(H,30,32)/b28-14+. The Morgan fingerprint density at radius 2 is 1.70 bits per heavy atom. The summed E-state index contributed by atoms with van der Waals surface area (Å²) >= 11 is 4.56. The Kier molecular flexibility index (Phi) is 8.47. The van der Waals surface area contributed by atoms with Crippen molar-refractivity contribution in [3.63, 3.8) is 0 Å². The first-order chi connectivity index (χ1) is 17.9. The quantitative estimate of drug-likeness (QED) is 0.135. The topological polar surface area (TPSA) is 104 Å². The summed E-state index contributed by atoms with van der Waals surface area (Å²) in [7, 11) is 4.58. The first-order valence-corrected chi connectivity index (χ1v) is 12.8. The van der Waals surface area contributed by atoms with E-state index in [4.69, 9.17) is 14.2 Å². The molecule has 4 rings (SSSR count). The molecule has 0 atom stereocenters. The smallest absolute Gasteiger partial charge is 0.266 e. The van der Waals surface area contributed by atoms with Crippen LogP contribution < -0.4 is 25.2 Å². The lowest BCUT2D eigenvalue weighted by molar-refractivity contribution is -0.118. The molecule has 0 unspecified atom stereocenters. The molecule has 0 spiro atoms. The van der Waals surface area contributed by atoms with Crippen LogP contribution in [0.15, 0.2) is 80.2 Å². The van der Waals surface area contributed by atoms with Gasteiger partial charge in [0.05, 0.1) is 49.9 Å². The van der Waals surface area contributed by atoms with Crippen molar-refractivity contribution in [1.82, 2.24) is 15.0 Å². The van der Waals surface area contributed by atoms with E-state index in [1.807, 2.05) is 30.3 Å². The highest BCUT2D eigenvalue weighted by Gasteiger charge is 2.15. The van der Waals surface area contributed by atoms with Crippen LogP contribution in [0.4, 0.5) is 0 Å². The summed E-state index contributed by atoms with van der Waals surface area (Å²) in [6, 6.07) is 17.8. The maximum Gasteiger partial charge on any atom is 0.266 e. The molecule has 190 valence electrons. The summed E-state index contributed by atoms with van der Waals surface area (Å²) in [5.74, 6) is 1.13. The van der Waals surface area contributed by atoms with E-state index >= 15 is 0 Å². The van der Waals surface area contributed by atoms with Crippen molar-refractivity contribution in [2.75, 3.05) is 27.1 Å². The second-order valence-electron chi connectivity index (χ2n) is 7.56. The molecule has 0 saturated heterocycles. The molecule has 1 amide bonds. The lowest BCUT2D eigenvalue weighted by Gasteiger charge is -2.13. The molecule has 0 aliphatic heterocycles. The van der Waals surface area contributed by atoms with Gasteiger partial charge in [-0.1, -0.05) is 39.8 Å². The van der Waals surface area contributed by atoms with E-state index in [1.54, 1.807) is 30.3 Å². The average Bonchev–Trinajstić information content (AvgIpc) is 2.92. The number of methoxy groups -OCH3 is 3. The number of ether oxygens (including phenoxy) is 3. The Morgan fingerprint density at radius 3 is 2.41 bits per heavy atom. The third-order valence-electron chi connectivity index (χ3n) is 5.29.